The van der Waals surface area contributed by atoms with Crippen LogP contribution in [0.2, 0.25) is 36.3 Å². The number of hydrogen-bond acceptors (Lipinski definition) is 3. The molecule has 3 saturated carbocycles. The van der Waals surface area contributed by atoms with Gasteiger partial charge in [-0.3, -0.25) is 0 Å². The summed E-state index contributed by atoms with van der Waals surface area (Å²) in [5.41, 5.74) is 3.70. The lowest BCUT2D eigenvalue weighted by Crippen LogP contribution is -2.55. The van der Waals surface area contributed by atoms with Crippen molar-refractivity contribution in [2.24, 2.45) is 28.6 Å². The van der Waals surface area contributed by atoms with Gasteiger partial charge < -0.3 is 14.0 Å². The van der Waals surface area contributed by atoms with Crippen LogP contribution >= 0.6 is 0 Å². The predicted molar refractivity (Wildman–Crippen MR) is 210 cm³/mol. The van der Waals surface area contributed by atoms with E-state index in [1.54, 1.807) is 5.57 Å². The number of hydrogen-bond donors (Lipinski definition) is 1. The first-order chi connectivity index (χ1) is 21.5. The molecule has 3 aliphatic rings. The maximum absolute atomic E-state index is 11.7. The number of aliphatic hydroxyl groups excluding tert-OH is 1. The fourth-order valence-corrected chi connectivity index (χ4v) is 10.7. The van der Waals surface area contributed by atoms with Gasteiger partial charge in [0.1, 0.15) is 6.10 Å². The molecule has 6 atom stereocenters. The van der Waals surface area contributed by atoms with Gasteiger partial charge in [0.15, 0.2) is 16.6 Å². The Hall–Kier alpha value is -0.726. The van der Waals surface area contributed by atoms with E-state index >= 15 is 0 Å². The number of aliphatic hydroxyl groups is 1. The Balaban J connectivity index is 1.85. The van der Waals surface area contributed by atoms with Crippen LogP contribution in [0.25, 0.3) is 0 Å². The molecule has 1 N–H and O–H groups in total. The maximum atomic E-state index is 11.7. The maximum Gasteiger partial charge on any atom is 0.192 e. The average Bonchev–Trinajstić information content (AvgIpc) is 3.32. The number of fused-ring (bicyclic) bond motifs is 1. The van der Waals surface area contributed by atoms with Crippen LogP contribution < -0.4 is 0 Å². The van der Waals surface area contributed by atoms with E-state index in [1.165, 1.54) is 50.5 Å². The van der Waals surface area contributed by atoms with E-state index in [4.69, 9.17) is 8.85 Å². The van der Waals surface area contributed by atoms with Crippen LogP contribution in [-0.2, 0) is 8.85 Å². The molecule has 0 aromatic rings. The second-order valence-electron chi connectivity index (χ2n) is 19.4. The molecule has 0 amide bonds. The number of allylic oxidation sites excluding steroid dienone is 7. The first-order valence-electron chi connectivity index (χ1n) is 19.3. The van der Waals surface area contributed by atoms with Gasteiger partial charge in [-0.2, -0.15) is 0 Å². The van der Waals surface area contributed by atoms with Crippen LogP contribution in [0, 0.1) is 28.6 Å². The van der Waals surface area contributed by atoms with Gasteiger partial charge in [-0.1, -0.05) is 124 Å². The summed E-state index contributed by atoms with van der Waals surface area (Å²) in [6.45, 7) is 35.0. The predicted octanol–water partition coefficient (Wildman–Crippen LogP) is 12.6. The SMILES string of the molecule is CCC(C)(/C=C/C=C/[C@@H](C)C1CCC2/C(=C/C=C3C[C@@H](O[Si](C)(C)C(C)(C)C)C(O)[C@H](O[Si](C)(C)C(C)(C)C)C3)CCCC21C)CC. The summed E-state index contributed by atoms with van der Waals surface area (Å²) in [7, 11) is -4.14. The minimum Gasteiger partial charge on any atom is -0.411 e. The summed E-state index contributed by atoms with van der Waals surface area (Å²) in [4.78, 5) is 0. The molecule has 47 heavy (non-hydrogen) atoms. The Bertz CT molecular complexity index is 1120. The van der Waals surface area contributed by atoms with E-state index < -0.39 is 22.7 Å². The van der Waals surface area contributed by atoms with E-state index in [9.17, 15) is 5.11 Å². The van der Waals surface area contributed by atoms with Crippen LogP contribution in [-0.4, -0.2) is 40.1 Å². The molecule has 0 aromatic carbocycles. The van der Waals surface area contributed by atoms with Crippen LogP contribution in [0.4, 0.5) is 0 Å². The van der Waals surface area contributed by atoms with Crippen molar-refractivity contribution >= 4 is 16.6 Å². The van der Waals surface area contributed by atoms with Crippen LogP contribution in [0.5, 0.6) is 0 Å². The average molecular weight is 685 g/mol. The molecule has 270 valence electrons. The summed E-state index contributed by atoms with van der Waals surface area (Å²) in [5, 5.41) is 11.9. The summed E-state index contributed by atoms with van der Waals surface area (Å²) in [6, 6.07) is 0. The van der Waals surface area contributed by atoms with E-state index in [0.29, 0.717) is 22.7 Å². The van der Waals surface area contributed by atoms with E-state index in [0.717, 1.165) is 18.8 Å². The largest absolute Gasteiger partial charge is 0.411 e. The van der Waals surface area contributed by atoms with Crippen LogP contribution in [0.3, 0.4) is 0 Å². The van der Waals surface area contributed by atoms with Gasteiger partial charge in [-0.05, 0) is 123 Å². The van der Waals surface area contributed by atoms with Crippen molar-refractivity contribution in [3.8, 4) is 0 Å². The second kappa shape index (κ2) is 15.3. The van der Waals surface area contributed by atoms with Gasteiger partial charge in [0.25, 0.3) is 0 Å². The van der Waals surface area contributed by atoms with Gasteiger partial charge in [0.2, 0.25) is 0 Å². The molecule has 0 spiro atoms. The van der Waals surface area contributed by atoms with Crippen molar-refractivity contribution in [3.63, 3.8) is 0 Å². The van der Waals surface area contributed by atoms with E-state index in [1.807, 2.05) is 0 Å². The lowest BCUT2D eigenvalue weighted by molar-refractivity contribution is -0.0604. The fraction of sp³-hybridized carbons (Fsp3) is 0.810. The minimum atomic E-state index is -2.07. The lowest BCUT2D eigenvalue weighted by atomic mass is 9.61. The lowest BCUT2D eigenvalue weighted by Gasteiger charge is -2.47. The van der Waals surface area contributed by atoms with Gasteiger partial charge in [-0.15, -0.1) is 0 Å². The molecule has 0 aromatic heterocycles. The molecule has 3 unspecified atom stereocenters. The summed E-state index contributed by atoms with van der Waals surface area (Å²) in [6.07, 6.45) is 23.9. The zero-order chi connectivity index (χ0) is 35.6. The smallest absolute Gasteiger partial charge is 0.192 e. The van der Waals surface area contributed by atoms with E-state index in [2.05, 4.69) is 139 Å². The number of rotatable bonds is 11. The third kappa shape index (κ3) is 9.54. The Labute approximate surface area is 294 Å². The molecule has 3 aliphatic carbocycles. The van der Waals surface area contributed by atoms with E-state index in [-0.39, 0.29) is 22.3 Å². The summed E-state index contributed by atoms with van der Waals surface area (Å²) >= 11 is 0. The van der Waals surface area contributed by atoms with Gasteiger partial charge in [0.05, 0.1) is 12.2 Å². The first-order valence-corrected chi connectivity index (χ1v) is 25.1. The minimum absolute atomic E-state index is 0.0889. The molecule has 3 fully saturated rings. The highest BCUT2D eigenvalue weighted by molar-refractivity contribution is 6.74. The van der Waals surface area contributed by atoms with Gasteiger partial charge in [-0.25, -0.2) is 0 Å². The molecular formula is C42H76O3Si2. The van der Waals surface area contributed by atoms with Crippen LogP contribution in [0.15, 0.2) is 47.6 Å². The molecule has 0 heterocycles. The zero-order valence-corrected chi connectivity index (χ0v) is 35.6. The van der Waals surface area contributed by atoms with Gasteiger partial charge >= 0.3 is 0 Å². The monoisotopic (exact) mass is 685 g/mol. The normalized spacial score (nSPS) is 31.6. The molecule has 0 aliphatic heterocycles. The van der Waals surface area contributed by atoms with Crippen LogP contribution in [0.1, 0.15) is 134 Å². The Morgan fingerprint density at radius 2 is 1.38 bits per heavy atom. The van der Waals surface area contributed by atoms with Crippen molar-refractivity contribution in [2.75, 3.05) is 0 Å². The highest BCUT2D eigenvalue weighted by Crippen LogP contribution is 2.59. The molecule has 0 radical (unpaired) electrons. The van der Waals surface area contributed by atoms with Crippen molar-refractivity contribution in [3.05, 3.63) is 47.6 Å². The highest BCUT2D eigenvalue weighted by atomic mass is 28.4. The second-order valence-corrected chi connectivity index (χ2v) is 28.9. The third-order valence-corrected chi connectivity index (χ3v) is 23.0. The molecular weight excluding hydrogens is 609 g/mol. The molecule has 5 heteroatoms. The molecule has 3 nitrogen and oxygen atoms in total. The summed E-state index contributed by atoms with van der Waals surface area (Å²) in [5.74, 6) is 1.98. The van der Waals surface area contributed by atoms with Gasteiger partial charge in [0, 0.05) is 0 Å². The standard InChI is InChI=1S/C42H76O3Si2/c1-16-41(10,17-2)27-19-18-21-31(3)34-25-26-35-33(22-20-28-42(34,35)11)24-23-32-29-36(44-46(12,13)39(4,5)6)38(43)37(30-32)45-47(14,15)40(7,8)9/h18-19,21,23-24,27,31,34-38,43H,16-17,20,22,25-26,28-30H2,1-15H3/b21-18+,27-19+,32-23?,33-24+/t31-,34?,35?,36-,37-,38?,42?/m1/s1. The highest BCUT2D eigenvalue weighted by Gasteiger charge is 2.51. The van der Waals surface area contributed by atoms with Crippen molar-refractivity contribution in [1.29, 1.82) is 0 Å². The Kier molecular flexibility index (Phi) is 13.2. The summed E-state index contributed by atoms with van der Waals surface area (Å²) < 4.78 is 13.9. The Morgan fingerprint density at radius 1 is 0.851 bits per heavy atom. The molecule has 0 saturated heterocycles. The molecule has 3 rings (SSSR count). The quantitative estimate of drug-likeness (QED) is 0.174. The third-order valence-electron chi connectivity index (χ3n) is 14.0. The Morgan fingerprint density at radius 3 is 1.87 bits per heavy atom. The van der Waals surface area contributed by atoms with Crippen molar-refractivity contribution in [2.45, 2.75) is 189 Å². The first kappa shape index (κ1) is 40.7. The topological polar surface area (TPSA) is 38.7 Å². The van der Waals surface area contributed by atoms with Crippen molar-refractivity contribution < 1.29 is 14.0 Å². The van der Waals surface area contributed by atoms with Crippen molar-refractivity contribution in [1.82, 2.24) is 0 Å². The zero-order valence-electron chi connectivity index (χ0n) is 33.6. The molecule has 0 bridgehead atoms. The fourth-order valence-electron chi connectivity index (χ4n) is 8.07.